The molecule has 20 nitrogen and oxygen atoms in total. The first-order valence-electron chi connectivity index (χ1n) is 27.5. The Bertz CT molecular complexity index is 2320. The Kier molecular flexibility index (Phi) is 33.2. The van der Waals surface area contributed by atoms with Crippen molar-refractivity contribution in [2.24, 2.45) is 0 Å². The van der Waals surface area contributed by atoms with E-state index in [1.54, 1.807) is 36.4 Å². The van der Waals surface area contributed by atoms with Crippen LogP contribution < -0.4 is 5.32 Å². The second-order valence-corrected chi connectivity index (χ2v) is 22.6. The van der Waals surface area contributed by atoms with Gasteiger partial charge in [0.05, 0.1) is 30.4 Å². The van der Waals surface area contributed by atoms with Crippen LogP contribution in [0.1, 0.15) is 202 Å². The molecule has 23 heteroatoms. The van der Waals surface area contributed by atoms with E-state index in [0.717, 1.165) is 64.2 Å². The van der Waals surface area contributed by atoms with Gasteiger partial charge in [-0.25, -0.2) is 22.1 Å². The standard InChI is InChI=1S/C54H85NO19S3/c1-3-5-7-9-11-13-15-17-19-21-23-25-33-39-46(70-52(57)43-35-29-27-30-36-43)45(55-48(56)40-34-26-24-22-20-18-16-14-12-10-8-6-4-2)41-68-54-51(72-53(58)44-37-31-28-32-38-44)50(74-77(65,66)67)49(73-76(62,63)64)47(71-54)42-69-75(59,60)61/h27-33,35-39,45-47,49-51,54H,3-26,34,40-42H2,1-2H3,(H,55,56)(H,59,60,61)(H,62,63,64)(H,65,66,67)/b39-33+/t45-,46+,47+,49-,50-,51+,54-/m0/s1. The maximum absolute atomic E-state index is 13.9. The normalized spacial score (nSPS) is 18.9. The third-order valence-corrected chi connectivity index (χ3v) is 14.3. The Labute approximate surface area is 457 Å². The van der Waals surface area contributed by atoms with E-state index >= 15 is 0 Å². The zero-order valence-electron chi connectivity index (χ0n) is 44.9. The average molecular weight is 1150 g/mol. The Morgan fingerprint density at radius 2 is 1.01 bits per heavy atom. The molecule has 0 bridgehead atoms. The molecule has 2 aromatic carbocycles. The Hall–Kier alpha value is -3.88. The molecule has 0 radical (unpaired) electrons. The fourth-order valence-corrected chi connectivity index (χ4v) is 10.2. The third kappa shape index (κ3) is 30.9. The van der Waals surface area contributed by atoms with E-state index in [4.69, 9.17) is 23.1 Å². The highest BCUT2D eigenvalue weighted by atomic mass is 32.3. The van der Waals surface area contributed by atoms with Crippen LogP contribution in [0, 0.1) is 0 Å². The van der Waals surface area contributed by atoms with Crippen molar-refractivity contribution in [3.63, 3.8) is 0 Å². The van der Waals surface area contributed by atoms with E-state index in [2.05, 4.69) is 27.5 Å². The fourth-order valence-electron chi connectivity index (χ4n) is 8.87. The number of amides is 1. The van der Waals surface area contributed by atoms with Crippen molar-refractivity contribution >= 4 is 49.0 Å². The van der Waals surface area contributed by atoms with Gasteiger partial charge < -0.3 is 24.3 Å². The first-order valence-corrected chi connectivity index (χ1v) is 31.6. The Morgan fingerprint density at radius 3 is 1.48 bits per heavy atom. The minimum Gasteiger partial charge on any atom is -0.452 e. The van der Waals surface area contributed by atoms with Gasteiger partial charge in [0.1, 0.15) is 18.3 Å². The molecule has 1 heterocycles. The molecule has 1 aliphatic heterocycles. The monoisotopic (exact) mass is 1150 g/mol. The molecule has 4 N–H and O–H groups in total. The number of rotatable bonds is 43. The fraction of sp³-hybridized carbons (Fsp3) is 0.685. The first-order chi connectivity index (χ1) is 36.8. The molecule has 3 rings (SSSR count). The summed E-state index contributed by atoms with van der Waals surface area (Å²) in [5.41, 5.74) is 0.0320. The third-order valence-electron chi connectivity index (χ3n) is 12.9. The molecule has 1 fully saturated rings. The summed E-state index contributed by atoms with van der Waals surface area (Å²) in [6.45, 7) is 2.32. The number of allylic oxidation sites excluding steroid dienone is 1. The summed E-state index contributed by atoms with van der Waals surface area (Å²) in [6, 6.07) is 13.8. The minimum absolute atomic E-state index is 0.0568. The average Bonchev–Trinajstić information content (AvgIpc) is 3.38. The van der Waals surface area contributed by atoms with Gasteiger partial charge in [0.2, 0.25) is 5.91 Å². The van der Waals surface area contributed by atoms with Crippen LogP contribution in [0.2, 0.25) is 0 Å². The predicted molar refractivity (Wildman–Crippen MR) is 289 cm³/mol. The molecule has 0 aromatic heterocycles. The summed E-state index contributed by atoms with van der Waals surface area (Å²) in [5, 5.41) is 2.88. The zero-order valence-corrected chi connectivity index (χ0v) is 47.3. The van der Waals surface area contributed by atoms with Gasteiger partial charge in [0.15, 0.2) is 18.5 Å². The van der Waals surface area contributed by atoms with Crippen LogP contribution in [0.3, 0.4) is 0 Å². The van der Waals surface area contributed by atoms with Crippen molar-refractivity contribution in [3.05, 3.63) is 83.9 Å². The maximum Gasteiger partial charge on any atom is 0.397 e. The van der Waals surface area contributed by atoms with Gasteiger partial charge in [-0.3, -0.25) is 18.5 Å². The number of carbonyl (C=O) groups excluding carboxylic acids is 3. The maximum atomic E-state index is 13.9. The van der Waals surface area contributed by atoms with Crippen molar-refractivity contribution in [2.45, 2.75) is 224 Å². The zero-order chi connectivity index (χ0) is 56.4. The molecule has 7 atom stereocenters. The van der Waals surface area contributed by atoms with Crippen molar-refractivity contribution in [1.82, 2.24) is 5.32 Å². The molecule has 438 valence electrons. The summed E-state index contributed by atoms with van der Waals surface area (Å²) in [5.74, 6) is -2.45. The lowest BCUT2D eigenvalue weighted by Gasteiger charge is -2.43. The molecule has 0 spiro atoms. The molecule has 0 aliphatic carbocycles. The van der Waals surface area contributed by atoms with E-state index in [0.29, 0.717) is 12.8 Å². The van der Waals surface area contributed by atoms with Gasteiger partial charge >= 0.3 is 43.1 Å². The highest BCUT2D eigenvalue weighted by Gasteiger charge is 2.54. The highest BCUT2D eigenvalue weighted by Crippen LogP contribution is 2.32. The molecule has 2 aromatic rings. The topological polar surface area (TPSA) is 291 Å². The van der Waals surface area contributed by atoms with E-state index < -0.39 is 105 Å². The van der Waals surface area contributed by atoms with Gasteiger partial charge in [-0.2, -0.15) is 25.3 Å². The van der Waals surface area contributed by atoms with E-state index in [9.17, 15) is 53.3 Å². The van der Waals surface area contributed by atoms with Crippen molar-refractivity contribution in [3.8, 4) is 0 Å². The number of ether oxygens (including phenoxy) is 4. The Morgan fingerprint density at radius 1 is 0.571 bits per heavy atom. The molecule has 1 aliphatic rings. The lowest BCUT2D eigenvalue weighted by Crippen LogP contribution is -2.63. The Balaban J connectivity index is 1.96. The summed E-state index contributed by atoms with van der Waals surface area (Å²) >= 11 is 0. The SMILES string of the molecule is CCCCCCCCCCCCC/C=C/[C@@H](OC(=O)c1ccccc1)[C@H](CO[C@H]1O[C@H](COS(=O)(=O)O)[C@H](OS(=O)(=O)O)[C@H](OS(=O)(=O)O)[C@H]1OC(=O)c1ccccc1)NC(=O)CCCCCCCCCCCCCCC. The molecule has 0 saturated carbocycles. The van der Waals surface area contributed by atoms with Crippen LogP contribution >= 0.6 is 0 Å². The summed E-state index contributed by atoms with van der Waals surface area (Å²) in [7, 11) is -16.7. The first kappa shape index (κ1) is 67.4. The van der Waals surface area contributed by atoms with Gasteiger partial charge in [-0.1, -0.05) is 198 Å². The molecular weight excluding hydrogens is 1060 g/mol. The van der Waals surface area contributed by atoms with E-state index in [1.807, 2.05) is 0 Å². The molecule has 1 saturated heterocycles. The molecule has 1 amide bonds. The van der Waals surface area contributed by atoms with Crippen LogP contribution in [-0.2, 0) is 67.5 Å². The quantitative estimate of drug-likeness (QED) is 0.0208. The lowest BCUT2D eigenvalue weighted by molar-refractivity contribution is -0.292. The minimum atomic E-state index is -5.68. The van der Waals surface area contributed by atoms with Crippen molar-refractivity contribution in [2.75, 3.05) is 13.2 Å². The van der Waals surface area contributed by atoms with Crippen LogP contribution in [0.15, 0.2) is 72.8 Å². The van der Waals surface area contributed by atoms with Crippen LogP contribution in [0.4, 0.5) is 0 Å². The van der Waals surface area contributed by atoms with Crippen molar-refractivity contribution in [1.29, 1.82) is 0 Å². The second-order valence-electron chi connectivity index (χ2n) is 19.5. The molecule has 77 heavy (non-hydrogen) atoms. The van der Waals surface area contributed by atoms with Gasteiger partial charge in [-0.15, -0.1) is 0 Å². The van der Waals surface area contributed by atoms with Gasteiger partial charge in [0.25, 0.3) is 0 Å². The molecular formula is C54H85NO19S3. The predicted octanol–water partition coefficient (Wildman–Crippen LogP) is 10.6. The van der Waals surface area contributed by atoms with Crippen LogP contribution in [0.25, 0.3) is 0 Å². The van der Waals surface area contributed by atoms with Crippen molar-refractivity contribution < 1.29 is 84.8 Å². The number of hydrogen-bond donors (Lipinski definition) is 4. The summed E-state index contributed by atoms with van der Waals surface area (Å²) in [4.78, 5) is 41.3. The largest absolute Gasteiger partial charge is 0.452 e. The van der Waals surface area contributed by atoms with Crippen LogP contribution in [-0.4, -0.2) is 113 Å². The summed E-state index contributed by atoms with van der Waals surface area (Å²) < 4.78 is 140. The number of esters is 2. The van der Waals surface area contributed by atoms with Crippen LogP contribution in [0.5, 0.6) is 0 Å². The smallest absolute Gasteiger partial charge is 0.397 e. The summed E-state index contributed by atoms with van der Waals surface area (Å²) in [6.07, 6.45) is 17.6. The number of nitrogens with one attached hydrogen (secondary N) is 1. The number of unbranched alkanes of at least 4 members (excludes halogenated alkanes) is 23. The number of hydrogen-bond acceptors (Lipinski definition) is 16. The number of carbonyl (C=O) groups is 3. The second kappa shape index (κ2) is 37.9. The number of benzene rings is 2. The highest BCUT2D eigenvalue weighted by molar-refractivity contribution is 7.81. The van der Waals surface area contributed by atoms with Gasteiger partial charge in [-0.05, 0) is 49.6 Å². The lowest BCUT2D eigenvalue weighted by atomic mass is 9.99. The van der Waals surface area contributed by atoms with E-state index in [-0.39, 0.29) is 17.5 Å². The van der Waals surface area contributed by atoms with Gasteiger partial charge in [0, 0.05) is 6.42 Å². The molecule has 0 unspecified atom stereocenters. The van der Waals surface area contributed by atoms with E-state index in [1.165, 1.54) is 120 Å².